The molecule has 84 valence electrons. The molecule has 0 amide bonds. The molecule has 0 aliphatic heterocycles. The molecule has 4 nitrogen and oxygen atoms in total. The second-order valence-corrected chi connectivity index (χ2v) is 4.33. The number of methoxy groups -OCH3 is 1. The maximum Gasteiger partial charge on any atom is 0.233 e. The number of hydrogen-bond donors (Lipinski definition) is 1. The highest BCUT2D eigenvalue weighted by Gasteiger charge is 2.11. The summed E-state index contributed by atoms with van der Waals surface area (Å²) >= 11 is 1.62. The first kappa shape index (κ1) is 11.0. The van der Waals surface area contributed by atoms with Crippen molar-refractivity contribution in [2.75, 3.05) is 7.11 Å². The zero-order valence-electron chi connectivity index (χ0n) is 8.83. The van der Waals surface area contributed by atoms with Gasteiger partial charge in [-0.3, -0.25) is 0 Å². The smallest absolute Gasteiger partial charge is 0.233 e. The zero-order chi connectivity index (χ0) is 11.4. The first-order valence-corrected chi connectivity index (χ1v) is 5.75. The molecule has 1 unspecified atom stereocenters. The molecule has 0 saturated heterocycles. The predicted molar refractivity (Wildman–Crippen MR) is 61.6 cm³/mol. The highest BCUT2D eigenvalue weighted by molar-refractivity contribution is 7.09. The van der Waals surface area contributed by atoms with Gasteiger partial charge in [-0.25, -0.2) is 0 Å². The van der Waals surface area contributed by atoms with Gasteiger partial charge in [0.2, 0.25) is 5.88 Å². The molecule has 16 heavy (non-hydrogen) atoms. The third kappa shape index (κ3) is 2.56. The Morgan fingerprint density at radius 3 is 2.81 bits per heavy atom. The minimum absolute atomic E-state index is 0.451. The molecule has 2 aromatic heterocycles. The van der Waals surface area contributed by atoms with E-state index in [1.807, 2.05) is 17.5 Å². The van der Waals surface area contributed by atoms with Crippen LogP contribution in [0, 0.1) is 0 Å². The van der Waals surface area contributed by atoms with Crippen LogP contribution in [0.3, 0.4) is 0 Å². The molecule has 2 heterocycles. The maximum absolute atomic E-state index is 9.92. The Morgan fingerprint density at radius 1 is 1.38 bits per heavy atom. The van der Waals surface area contributed by atoms with Crippen molar-refractivity contribution in [2.45, 2.75) is 12.5 Å². The van der Waals surface area contributed by atoms with E-state index in [9.17, 15) is 5.11 Å². The minimum atomic E-state index is -0.614. The van der Waals surface area contributed by atoms with Gasteiger partial charge in [-0.15, -0.1) is 21.5 Å². The highest BCUT2D eigenvalue weighted by Crippen LogP contribution is 2.19. The Bertz CT molecular complexity index is 428. The number of ether oxygens (including phenoxy) is 1. The Kier molecular flexibility index (Phi) is 3.48. The summed E-state index contributed by atoms with van der Waals surface area (Å²) in [6, 6.07) is 7.38. The first-order valence-electron chi connectivity index (χ1n) is 4.87. The summed E-state index contributed by atoms with van der Waals surface area (Å²) in [6.07, 6.45) is -0.0457. The third-order valence-electron chi connectivity index (χ3n) is 2.19. The summed E-state index contributed by atoms with van der Waals surface area (Å²) in [5, 5.41) is 19.6. The van der Waals surface area contributed by atoms with Gasteiger partial charge in [0.15, 0.2) is 0 Å². The summed E-state index contributed by atoms with van der Waals surface area (Å²) in [5.41, 5.74) is 0.564. The zero-order valence-corrected chi connectivity index (χ0v) is 9.65. The molecule has 0 fully saturated rings. The Hall–Kier alpha value is -1.46. The Labute approximate surface area is 97.5 Å². The molecule has 0 bridgehead atoms. The van der Waals surface area contributed by atoms with Gasteiger partial charge in [0.1, 0.15) is 6.10 Å². The van der Waals surface area contributed by atoms with Gasteiger partial charge in [-0.1, -0.05) is 6.07 Å². The van der Waals surface area contributed by atoms with Crippen molar-refractivity contribution >= 4 is 11.3 Å². The quantitative estimate of drug-likeness (QED) is 0.879. The van der Waals surface area contributed by atoms with Gasteiger partial charge < -0.3 is 9.84 Å². The van der Waals surface area contributed by atoms with E-state index in [0.29, 0.717) is 18.0 Å². The monoisotopic (exact) mass is 236 g/mol. The molecule has 1 atom stereocenters. The van der Waals surface area contributed by atoms with Crippen LogP contribution in [0.5, 0.6) is 5.88 Å². The fraction of sp³-hybridized carbons (Fsp3) is 0.273. The maximum atomic E-state index is 9.92. The number of nitrogens with zero attached hydrogens (tertiary/aromatic N) is 2. The first-order chi connectivity index (χ1) is 7.79. The molecule has 0 aliphatic carbocycles. The number of rotatable bonds is 4. The van der Waals surface area contributed by atoms with Crippen molar-refractivity contribution in [1.82, 2.24) is 10.2 Å². The molecule has 0 radical (unpaired) electrons. The van der Waals surface area contributed by atoms with Crippen molar-refractivity contribution in [1.29, 1.82) is 0 Å². The Morgan fingerprint density at radius 2 is 2.25 bits per heavy atom. The van der Waals surface area contributed by atoms with Crippen LogP contribution in [0.4, 0.5) is 0 Å². The van der Waals surface area contributed by atoms with Crippen LogP contribution in [0.25, 0.3) is 0 Å². The summed E-state index contributed by atoms with van der Waals surface area (Å²) in [7, 11) is 1.53. The lowest BCUT2D eigenvalue weighted by Gasteiger charge is -2.08. The summed E-state index contributed by atoms with van der Waals surface area (Å²) < 4.78 is 4.90. The van der Waals surface area contributed by atoms with E-state index in [-0.39, 0.29) is 0 Å². The van der Waals surface area contributed by atoms with Crippen molar-refractivity contribution in [3.8, 4) is 5.88 Å². The van der Waals surface area contributed by atoms with E-state index >= 15 is 0 Å². The molecule has 2 rings (SSSR count). The standard InChI is InChI=1S/C11H12N2O2S/c1-15-11-5-4-9(12-13-11)10(14)7-8-3-2-6-16-8/h2-6,10,14H,7H2,1H3. The second-order valence-electron chi connectivity index (χ2n) is 3.30. The van der Waals surface area contributed by atoms with E-state index in [1.165, 1.54) is 7.11 Å². The Balaban J connectivity index is 2.05. The number of thiophene rings is 1. The summed E-state index contributed by atoms with van der Waals surface area (Å²) in [6.45, 7) is 0. The average molecular weight is 236 g/mol. The second kappa shape index (κ2) is 5.05. The van der Waals surface area contributed by atoms with Crippen molar-refractivity contribution < 1.29 is 9.84 Å². The molecular formula is C11H12N2O2S. The molecule has 0 aromatic carbocycles. The number of hydrogen-bond acceptors (Lipinski definition) is 5. The molecule has 5 heteroatoms. The lowest BCUT2D eigenvalue weighted by atomic mass is 10.1. The van der Waals surface area contributed by atoms with Gasteiger partial charge in [0.05, 0.1) is 12.8 Å². The molecule has 0 aliphatic rings. The lowest BCUT2D eigenvalue weighted by molar-refractivity contribution is 0.173. The molecule has 1 N–H and O–H groups in total. The van der Waals surface area contributed by atoms with Crippen molar-refractivity contribution in [3.63, 3.8) is 0 Å². The van der Waals surface area contributed by atoms with Gasteiger partial charge in [-0.05, 0) is 17.5 Å². The van der Waals surface area contributed by atoms with Gasteiger partial charge in [0, 0.05) is 17.4 Å². The molecular weight excluding hydrogens is 224 g/mol. The minimum Gasteiger partial charge on any atom is -0.480 e. The molecule has 0 saturated carbocycles. The van der Waals surface area contributed by atoms with E-state index in [4.69, 9.17) is 4.74 Å². The van der Waals surface area contributed by atoms with Gasteiger partial charge in [-0.2, -0.15) is 0 Å². The largest absolute Gasteiger partial charge is 0.480 e. The normalized spacial score (nSPS) is 12.4. The van der Waals surface area contributed by atoms with Crippen LogP contribution >= 0.6 is 11.3 Å². The fourth-order valence-electron chi connectivity index (χ4n) is 1.34. The van der Waals surface area contributed by atoms with Crippen LogP contribution in [0.15, 0.2) is 29.6 Å². The number of aromatic nitrogens is 2. The summed E-state index contributed by atoms with van der Waals surface area (Å²) in [5.74, 6) is 0.451. The van der Waals surface area contributed by atoms with E-state index in [1.54, 1.807) is 23.5 Å². The molecule has 2 aromatic rings. The van der Waals surface area contributed by atoms with Crippen LogP contribution in [0.1, 0.15) is 16.7 Å². The third-order valence-corrected chi connectivity index (χ3v) is 3.08. The SMILES string of the molecule is COc1ccc(C(O)Cc2cccs2)nn1. The lowest BCUT2D eigenvalue weighted by Crippen LogP contribution is -2.04. The van der Waals surface area contributed by atoms with E-state index < -0.39 is 6.10 Å². The van der Waals surface area contributed by atoms with Crippen LogP contribution in [0.2, 0.25) is 0 Å². The summed E-state index contributed by atoms with van der Waals surface area (Å²) in [4.78, 5) is 1.13. The van der Waals surface area contributed by atoms with Crippen LogP contribution < -0.4 is 4.74 Å². The molecule has 0 spiro atoms. The average Bonchev–Trinajstić information content (AvgIpc) is 2.82. The topological polar surface area (TPSA) is 55.2 Å². The van der Waals surface area contributed by atoms with Crippen LogP contribution in [-0.4, -0.2) is 22.4 Å². The number of aliphatic hydroxyl groups excluding tert-OH is 1. The van der Waals surface area contributed by atoms with Crippen molar-refractivity contribution in [3.05, 3.63) is 40.2 Å². The van der Waals surface area contributed by atoms with E-state index in [2.05, 4.69) is 10.2 Å². The van der Waals surface area contributed by atoms with Gasteiger partial charge >= 0.3 is 0 Å². The van der Waals surface area contributed by atoms with Crippen molar-refractivity contribution in [2.24, 2.45) is 0 Å². The highest BCUT2D eigenvalue weighted by atomic mass is 32.1. The van der Waals surface area contributed by atoms with E-state index in [0.717, 1.165) is 4.88 Å². The van der Waals surface area contributed by atoms with Crippen LogP contribution in [-0.2, 0) is 6.42 Å². The van der Waals surface area contributed by atoms with Gasteiger partial charge in [0.25, 0.3) is 0 Å². The number of aliphatic hydroxyl groups is 1. The fourth-order valence-corrected chi connectivity index (χ4v) is 2.08. The predicted octanol–water partition coefficient (Wildman–Crippen LogP) is 1.82.